The van der Waals surface area contributed by atoms with Gasteiger partial charge in [0.25, 0.3) is 5.91 Å². The number of amides is 1. The number of pyridine rings is 1. The molecule has 1 aliphatic carbocycles. The van der Waals surface area contributed by atoms with Gasteiger partial charge < -0.3 is 14.4 Å². The molecule has 2 aromatic heterocycles. The van der Waals surface area contributed by atoms with Gasteiger partial charge in [-0.25, -0.2) is 14.1 Å². The maximum atomic E-state index is 12.8. The Labute approximate surface area is 213 Å². The van der Waals surface area contributed by atoms with Crippen LogP contribution in [-0.2, 0) is 16.1 Å². The lowest BCUT2D eigenvalue weighted by Gasteiger charge is -2.21. The van der Waals surface area contributed by atoms with Crippen LogP contribution in [0.1, 0.15) is 46.8 Å². The Balaban J connectivity index is 1.77. The minimum Gasteiger partial charge on any atom is -0.508 e. The number of carbonyl (C=O) groups excluding carboxylic acids is 2. The summed E-state index contributed by atoms with van der Waals surface area (Å²) < 4.78 is 11.7. The monoisotopic (exact) mass is 504 g/mol. The molecule has 2 N–H and O–H groups in total. The number of phenolic OH excluding ortho intramolecular Hbond substituents is 1. The van der Waals surface area contributed by atoms with Crippen molar-refractivity contribution in [1.29, 1.82) is 0 Å². The first-order chi connectivity index (χ1) is 17.4. The topological polar surface area (TPSA) is 96.7 Å². The third-order valence-electron chi connectivity index (χ3n) is 6.57. The fourth-order valence-electron chi connectivity index (χ4n) is 5.01. The molecule has 8 nitrogen and oxygen atoms in total. The van der Waals surface area contributed by atoms with Crippen LogP contribution in [0.25, 0.3) is 28.4 Å². The molecule has 1 aromatic carbocycles. The van der Waals surface area contributed by atoms with Gasteiger partial charge in [-0.15, -0.1) is 0 Å². The zero-order valence-corrected chi connectivity index (χ0v) is 21.3. The SMILES string of the molecule is COC(=O)C1=Cc2cc(O)ccc2-c2c(C3CC=CCC3)c3ccc(C(=O)NSN(C)C)nc3n2C1. The van der Waals surface area contributed by atoms with Gasteiger partial charge in [0.1, 0.15) is 17.1 Å². The second-order valence-corrected chi connectivity index (χ2v) is 10.3. The lowest BCUT2D eigenvalue weighted by Crippen LogP contribution is -2.21. The Morgan fingerprint density at radius 2 is 2.06 bits per heavy atom. The van der Waals surface area contributed by atoms with E-state index in [9.17, 15) is 14.7 Å². The highest BCUT2D eigenvalue weighted by molar-refractivity contribution is 7.95. The van der Waals surface area contributed by atoms with Crippen LogP contribution in [0.15, 0.2) is 48.1 Å². The van der Waals surface area contributed by atoms with Gasteiger partial charge in [0.15, 0.2) is 0 Å². The number of esters is 1. The number of aromatic nitrogens is 2. The molecule has 5 rings (SSSR count). The molecule has 0 radical (unpaired) electrons. The fraction of sp³-hybridized carbons (Fsp3) is 0.296. The Morgan fingerprint density at radius 1 is 1.22 bits per heavy atom. The summed E-state index contributed by atoms with van der Waals surface area (Å²) in [5.41, 5.74) is 5.15. The van der Waals surface area contributed by atoms with E-state index in [1.165, 1.54) is 19.2 Å². The zero-order chi connectivity index (χ0) is 25.4. The summed E-state index contributed by atoms with van der Waals surface area (Å²) in [5.74, 6) is -0.356. The number of allylic oxidation sites excluding steroid dienone is 2. The molecule has 0 saturated heterocycles. The summed E-state index contributed by atoms with van der Waals surface area (Å²) in [7, 11) is 5.04. The molecule has 1 amide bonds. The van der Waals surface area contributed by atoms with Crippen molar-refractivity contribution in [3.8, 4) is 17.0 Å². The van der Waals surface area contributed by atoms with Crippen LogP contribution in [0.3, 0.4) is 0 Å². The normalized spacial score (nSPS) is 16.8. The van der Waals surface area contributed by atoms with Crippen molar-refractivity contribution in [2.75, 3.05) is 21.2 Å². The van der Waals surface area contributed by atoms with Crippen molar-refractivity contribution in [2.45, 2.75) is 31.7 Å². The average Bonchev–Trinajstić information content (AvgIpc) is 3.09. The summed E-state index contributed by atoms with van der Waals surface area (Å²) in [6, 6.07) is 8.93. The van der Waals surface area contributed by atoms with Crippen LogP contribution in [0.4, 0.5) is 0 Å². The molecule has 3 heterocycles. The van der Waals surface area contributed by atoms with Crippen molar-refractivity contribution in [2.24, 2.45) is 0 Å². The number of ether oxygens (including phenoxy) is 1. The molecular formula is C27H28N4O4S. The number of aromatic hydroxyl groups is 1. The number of nitrogens with one attached hydrogen (secondary N) is 1. The van der Waals surface area contributed by atoms with Crippen LogP contribution in [0, 0.1) is 0 Å². The molecule has 1 aliphatic heterocycles. The number of fused-ring (bicyclic) bond motifs is 5. The lowest BCUT2D eigenvalue weighted by atomic mass is 9.84. The highest BCUT2D eigenvalue weighted by Gasteiger charge is 2.30. The summed E-state index contributed by atoms with van der Waals surface area (Å²) in [4.78, 5) is 30.4. The molecule has 0 spiro atoms. The molecule has 0 fully saturated rings. The van der Waals surface area contributed by atoms with Crippen molar-refractivity contribution in [3.63, 3.8) is 0 Å². The Kier molecular flexibility index (Phi) is 6.59. The number of benzene rings is 1. The first kappa shape index (κ1) is 24.1. The summed E-state index contributed by atoms with van der Waals surface area (Å²) in [5, 5.41) is 11.2. The van der Waals surface area contributed by atoms with Gasteiger partial charge in [-0.2, -0.15) is 0 Å². The summed E-state index contributed by atoms with van der Waals surface area (Å²) in [6.45, 7) is 0.237. The summed E-state index contributed by atoms with van der Waals surface area (Å²) in [6.07, 6.45) is 9.08. The average molecular weight is 505 g/mol. The van der Waals surface area contributed by atoms with E-state index in [4.69, 9.17) is 9.72 Å². The molecule has 9 heteroatoms. The van der Waals surface area contributed by atoms with Crippen molar-refractivity contribution < 1.29 is 19.4 Å². The number of hydrogen-bond acceptors (Lipinski definition) is 7. The van der Waals surface area contributed by atoms with Gasteiger partial charge in [0.05, 0.1) is 24.9 Å². The summed E-state index contributed by atoms with van der Waals surface area (Å²) >= 11 is 1.18. The second kappa shape index (κ2) is 9.83. The molecule has 3 aromatic rings. The van der Waals surface area contributed by atoms with E-state index in [0.29, 0.717) is 16.9 Å². The fourth-order valence-corrected chi connectivity index (χ4v) is 5.38. The van der Waals surface area contributed by atoms with Crippen molar-refractivity contribution >= 4 is 41.1 Å². The lowest BCUT2D eigenvalue weighted by molar-refractivity contribution is -0.136. The van der Waals surface area contributed by atoms with Gasteiger partial charge in [-0.05, 0) is 86.8 Å². The number of hydrogen-bond donors (Lipinski definition) is 2. The third-order valence-corrected chi connectivity index (χ3v) is 7.21. The maximum Gasteiger partial charge on any atom is 0.335 e. The highest BCUT2D eigenvalue weighted by Crippen LogP contribution is 2.45. The van der Waals surface area contributed by atoms with E-state index in [1.54, 1.807) is 28.6 Å². The minimum absolute atomic E-state index is 0.122. The Bertz CT molecular complexity index is 1420. The van der Waals surface area contributed by atoms with Gasteiger partial charge >= 0.3 is 5.97 Å². The first-order valence-electron chi connectivity index (χ1n) is 11.8. The number of methoxy groups -OCH3 is 1. The first-order valence-corrected chi connectivity index (χ1v) is 12.6. The van der Waals surface area contributed by atoms with Crippen LogP contribution in [0.5, 0.6) is 5.75 Å². The van der Waals surface area contributed by atoms with Gasteiger partial charge in [0.2, 0.25) is 0 Å². The van der Waals surface area contributed by atoms with Crippen LogP contribution >= 0.6 is 12.1 Å². The van der Waals surface area contributed by atoms with Crippen LogP contribution in [-0.4, -0.2) is 52.0 Å². The second-order valence-electron chi connectivity index (χ2n) is 9.17. The Hall–Kier alpha value is -3.56. The highest BCUT2D eigenvalue weighted by atomic mass is 32.2. The van der Waals surface area contributed by atoms with Gasteiger partial charge in [-0.3, -0.25) is 9.52 Å². The van der Waals surface area contributed by atoms with E-state index in [2.05, 4.69) is 16.9 Å². The van der Waals surface area contributed by atoms with Gasteiger partial charge in [-0.1, -0.05) is 12.2 Å². The molecule has 1 unspecified atom stereocenters. The number of nitrogens with zero attached hydrogens (tertiary/aromatic N) is 3. The number of phenols is 1. The van der Waals surface area contributed by atoms with Crippen LogP contribution < -0.4 is 4.72 Å². The molecule has 0 bridgehead atoms. The van der Waals surface area contributed by atoms with Crippen LogP contribution in [0.2, 0.25) is 0 Å². The maximum absolute atomic E-state index is 12.8. The number of carbonyl (C=O) groups is 2. The molecule has 36 heavy (non-hydrogen) atoms. The smallest absolute Gasteiger partial charge is 0.335 e. The third kappa shape index (κ3) is 4.40. The van der Waals surface area contributed by atoms with E-state index in [1.807, 2.05) is 30.8 Å². The molecule has 0 saturated carbocycles. The number of rotatable bonds is 5. The Morgan fingerprint density at radius 3 is 2.78 bits per heavy atom. The van der Waals surface area contributed by atoms with Gasteiger partial charge in [0, 0.05) is 23.1 Å². The minimum atomic E-state index is -0.447. The van der Waals surface area contributed by atoms with E-state index in [0.717, 1.165) is 47.0 Å². The quantitative estimate of drug-likeness (QED) is 0.296. The molecule has 186 valence electrons. The van der Waals surface area contributed by atoms with E-state index >= 15 is 0 Å². The standard InChI is InChI=1S/C27H28N4O4S/c1-30(2)36-29-26(33)22-12-11-21-23(16-7-5-4-6-8-16)24-20-10-9-19(32)14-17(20)13-18(27(34)35-3)15-31(24)25(21)28-22/h4-5,9-14,16,32H,6-8,15H2,1-3H3,(H,29,33). The molecule has 1 atom stereocenters. The van der Waals surface area contributed by atoms with Crippen molar-refractivity contribution in [1.82, 2.24) is 18.6 Å². The predicted molar refractivity (Wildman–Crippen MR) is 141 cm³/mol. The molecule has 2 aliphatic rings. The van der Waals surface area contributed by atoms with E-state index in [-0.39, 0.29) is 24.1 Å². The molecular weight excluding hydrogens is 476 g/mol. The predicted octanol–water partition coefficient (Wildman–Crippen LogP) is 4.66. The van der Waals surface area contributed by atoms with E-state index < -0.39 is 5.97 Å². The largest absolute Gasteiger partial charge is 0.508 e. The van der Waals surface area contributed by atoms with Crippen molar-refractivity contribution in [3.05, 3.63) is 64.9 Å². The zero-order valence-electron chi connectivity index (χ0n) is 20.4.